The van der Waals surface area contributed by atoms with Crippen LogP contribution in [0.25, 0.3) is 0 Å². The molecule has 2 heterocycles. The number of amides is 2. The average molecular weight is 478 g/mol. The smallest absolute Gasteiger partial charge is 0.337 e. The largest absolute Gasteiger partial charge is 0.465 e. The molecule has 0 bridgehead atoms. The summed E-state index contributed by atoms with van der Waals surface area (Å²) in [5.74, 6) is -1.10. The summed E-state index contributed by atoms with van der Waals surface area (Å²) in [4.78, 5) is 45.8. The predicted octanol–water partition coefficient (Wildman–Crippen LogP) is 4.77. The van der Waals surface area contributed by atoms with E-state index in [0.717, 1.165) is 30.6 Å². The van der Waals surface area contributed by atoms with Crippen molar-refractivity contribution in [2.45, 2.75) is 44.2 Å². The minimum Gasteiger partial charge on any atom is -0.465 e. The molecule has 0 saturated heterocycles. The number of methoxy groups -OCH3 is 1. The zero-order valence-electron chi connectivity index (χ0n) is 19.0. The summed E-state index contributed by atoms with van der Waals surface area (Å²) >= 11 is 1.42. The van der Waals surface area contributed by atoms with Gasteiger partial charge >= 0.3 is 5.97 Å². The van der Waals surface area contributed by atoms with Crippen LogP contribution in [0, 0.1) is 0 Å². The molecule has 1 aromatic carbocycles. The van der Waals surface area contributed by atoms with E-state index in [1.165, 1.54) is 29.8 Å². The van der Waals surface area contributed by atoms with Crippen molar-refractivity contribution >= 4 is 34.8 Å². The third-order valence-corrected chi connectivity index (χ3v) is 6.86. The van der Waals surface area contributed by atoms with Crippen LogP contribution in [0.1, 0.15) is 63.9 Å². The molecule has 0 spiro atoms. The highest BCUT2D eigenvalue weighted by atomic mass is 32.1. The van der Waals surface area contributed by atoms with E-state index in [4.69, 9.17) is 4.74 Å². The maximum Gasteiger partial charge on any atom is 0.337 e. The Kier molecular flexibility index (Phi) is 7.69. The number of esters is 1. The van der Waals surface area contributed by atoms with Crippen molar-refractivity contribution in [3.8, 4) is 0 Å². The van der Waals surface area contributed by atoms with E-state index < -0.39 is 17.9 Å². The van der Waals surface area contributed by atoms with E-state index in [1.807, 2.05) is 17.5 Å². The molecule has 1 atom stereocenters. The van der Waals surface area contributed by atoms with Crippen molar-refractivity contribution in [3.05, 3.63) is 82.3 Å². The van der Waals surface area contributed by atoms with Crippen LogP contribution in [0.15, 0.2) is 66.2 Å². The number of hydrogen-bond acceptors (Lipinski definition) is 6. The average Bonchev–Trinajstić information content (AvgIpc) is 3.42. The number of aromatic nitrogens is 1. The number of carbonyl (C=O) groups excluding carboxylic acids is 3. The van der Waals surface area contributed by atoms with Gasteiger partial charge in [-0.25, -0.2) is 4.79 Å². The monoisotopic (exact) mass is 477 g/mol. The fraction of sp³-hybridized carbons (Fsp3) is 0.308. The maximum atomic E-state index is 13.8. The van der Waals surface area contributed by atoms with E-state index in [2.05, 4.69) is 10.3 Å². The highest BCUT2D eigenvalue weighted by Gasteiger charge is 2.35. The van der Waals surface area contributed by atoms with Gasteiger partial charge < -0.3 is 10.1 Å². The third kappa shape index (κ3) is 5.34. The molecule has 0 radical (unpaired) electrons. The van der Waals surface area contributed by atoms with Crippen LogP contribution in [0.5, 0.6) is 0 Å². The molecule has 1 aliphatic carbocycles. The fourth-order valence-electron chi connectivity index (χ4n) is 4.22. The molecule has 0 unspecified atom stereocenters. The van der Waals surface area contributed by atoms with Crippen LogP contribution in [-0.4, -0.2) is 35.9 Å². The summed E-state index contributed by atoms with van der Waals surface area (Å²) in [6.45, 7) is 0. The van der Waals surface area contributed by atoms with Gasteiger partial charge in [0.2, 0.25) is 5.91 Å². The molecular formula is C26H27N3O4S. The van der Waals surface area contributed by atoms with E-state index in [-0.39, 0.29) is 17.6 Å². The molecule has 3 aromatic rings. The highest BCUT2D eigenvalue weighted by molar-refractivity contribution is 7.10. The second kappa shape index (κ2) is 11.1. The van der Waals surface area contributed by atoms with Gasteiger partial charge in [0.05, 0.1) is 12.7 Å². The number of benzene rings is 1. The molecule has 34 heavy (non-hydrogen) atoms. The number of ether oxygens (including phenoxy) is 1. The first-order chi connectivity index (χ1) is 16.6. The quantitative estimate of drug-likeness (QED) is 0.496. The molecule has 4 rings (SSSR count). The van der Waals surface area contributed by atoms with Crippen molar-refractivity contribution in [1.29, 1.82) is 0 Å². The van der Waals surface area contributed by atoms with Crippen molar-refractivity contribution in [3.63, 3.8) is 0 Å². The third-order valence-electron chi connectivity index (χ3n) is 5.94. The molecule has 8 heteroatoms. The topological polar surface area (TPSA) is 88.6 Å². The number of nitrogens with zero attached hydrogens (tertiary/aromatic N) is 2. The minimum absolute atomic E-state index is 0.0946. The normalized spacial score (nSPS) is 14.7. The number of anilines is 1. The van der Waals surface area contributed by atoms with Crippen LogP contribution in [-0.2, 0) is 9.53 Å². The van der Waals surface area contributed by atoms with Gasteiger partial charge in [-0.15, -0.1) is 11.3 Å². The Labute approximate surface area is 202 Å². The van der Waals surface area contributed by atoms with Gasteiger partial charge in [-0.2, -0.15) is 0 Å². The van der Waals surface area contributed by atoms with Crippen LogP contribution in [0.3, 0.4) is 0 Å². The van der Waals surface area contributed by atoms with Crippen molar-refractivity contribution in [2.75, 3.05) is 12.0 Å². The molecular weight excluding hydrogens is 450 g/mol. The Morgan fingerprint density at radius 3 is 2.41 bits per heavy atom. The number of hydrogen-bond donors (Lipinski definition) is 1. The second-order valence-corrected chi connectivity index (χ2v) is 9.17. The number of carbonyl (C=O) groups is 3. The Morgan fingerprint density at radius 2 is 1.79 bits per heavy atom. The first-order valence-corrected chi connectivity index (χ1v) is 12.2. The van der Waals surface area contributed by atoms with E-state index >= 15 is 0 Å². The molecule has 1 fully saturated rings. The molecule has 1 saturated carbocycles. The summed E-state index contributed by atoms with van der Waals surface area (Å²) in [5, 5.41) is 5.07. The molecule has 7 nitrogen and oxygen atoms in total. The second-order valence-electron chi connectivity index (χ2n) is 8.19. The lowest BCUT2D eigenvalue weighted by Crippen LogP contribution is -2.47. The van der Waals surface area contributed by atoms with Crippen LogP contribution < -0.4 is 10.2 Å². The van der Waals surface area contributed by atoms with Crippen LogP contribution in [0.2, 0.25) is 0 Å². The number of rotatable bonds is 7. The summed E-state index contributed by atoms with van der Waals surface area (Å²) in [6.07, 6.45) is 6.77. The van der Waals surface area contributed by atoms with Crippen LogP contribution >= 0.6 is 11.3 Å². The lowest BCUT2D eigenvalue weighted by Gasteiger charge is -2.32. The van der Waals surface area contributed by atoms with Gasteiger partial charge in [0.15, 0.2) is 6.04 Å². The maximum absolute atomic E-state index is 13.8. The molecule has 0 aliphatic heterocycles. The highest BCUT2D eigenvalue weighted by Crippen LogP contribution is 2.33. The summed E-state index contributed by atoms with van der Waals surface area (Å²) < 4.78 is 4.79. The zero-order chi connectivity index (χ0) is 23.9. The Bertz CT molecular complexity index is 1110. The van der Waals surface area contributed by atoms with Gasteiger partial charge in [0, 0.05) is 22.8 Å². The lowest BCUT2D eigenvalue weighted by molar-refractivity contribution is -0.123. The zero-order valence-corrected chi connectivity index (χ0v) is 19.8. The van der Waals surface area contributed by atoms with Crippen molar-refractivity contribution in [1.82, 2.24) is 10.3 Å². The first kappa shape index (κ1) is 23.6. The van der Waals surface area contributed by atoms with Gasteiger partial charge in [0.1, 0.15) is 5.69 Å². The predicted molar refractivity (Wildman–Crippen MR) is 131 cm³/mol. The summed E-state index contributed by atoms with van der Waals surface area (Å²) in [5.41, 5.74) is 1.07. The van der Waals surface area contributed by atoms with Gasteiger partial charge in [-0.3, -0.25) is 19.5 Å². The van der Waals surface area contributed by atoms with Gasteiger partial charge in [-0.05, 0) is 60.7 Å². The van der Waals surface area contributed by atoms with Crippen molar-refractivity contribution < 1.29 is 19.1 Å². The summed E-state index contributed by atoms with van der Waals surface area (Å²) in [6, 6.07) is 14.5. The Hall–Kier alpha value is -3.52. The SMILES string of the molecule is COC(=O)c1ccc(N(C(=O)c2ccccn2)[C@H](C(=O)NC2CCCCC2)c2cccs2)cc1. The number of pyridine rings is 1. The Morgan fingerprint density at radius 1 is 1.03 bits per heavy atom. The molecule has 2 aromatic heterocycles. The van der Waals surface area contributed by atoms with Crippen molar-refractivity contribution in [2.24, 2.45) is 0 Å². The molecule has 1 aliphatic rings. The standard InChI is InChI=1S/C26H27N3O4S/c1-33-26(32)18-12-14-20(15-13-18)29(25(31)21-10-5-6-16-27-21)23(22-11-7-17-34-22)24(30)28-19-8-3-2-4-9-19/h5-7,10-17,19,23H,2-4,8-9H2,1H3,(H,28,30)/t23-/m0/s1. The minimum atomic E-state index is -0.875. The van der Waals surface area contributed by atoms with E-state index in [9.17, 15) is 14.4 Å². The van der Waals surface area contributed by atoms with Crippen LogP contribution in [0.4, 0.5) is 5.69 Å². The fourth-order valence-corrected chi connectivity index (χ4v) is 5.03. The molecule has 1 N–H and O–H groups in total. The lowest BCUT2D eigenvalue weighted by atomic mass is 9.95. The van der Waals surface area contributed by atoms with Gasteiger partial charge in [0.25, 0.3) is 5.91 Å². The van der Waals surface area contributed by atoms with E-state index in [1.54, 1.807) is 48.7 Å². The molecule has 2 amide bonds. The number of thiophene rings is 1. The Balaban J connectivity index is 1.75. The van der Waals surface area contributed by atoms with E-state index in [0.29, 0.717) is 11.3 Å². The first-order valence-electron chi connectivity index (χ1n) is 11.3. The van der Waals surface area contributed by atoms with Gasteiger partial charge in [-0.1, -0.05) is 31.4 Å². The molecule has 176 valence electrons. The summed E-state index contributed by atoms with van der Waals surface area (Å²) in [7, 11) is 1.32. The number of nitrogens with one attached hydrogen (secondary N) is 1.